The smallest absolute Gasteiger partial charge is 0.252 e. The summed E-state index contributed by atoms with van der Waals surface area (Å²) in [5.41, 5.74) is 3.83. The molecule has 26 heavy (non-hydrogen) atoms. The predicted octanol–water partition coefficient (Wildman–Crippen LogP) is 3.30. The Kier molecular flexibility index (Phi) is 4.44. The van der Waals surface area contributed by atoms with E-state index in [0.717, 1.165) is 29.5 Å². The summed E-state index contributed by atoms with van der Waals surface area (Å²) in [6.07, 6.45) is 3.57. The van der Waals surface area contributed by atoms with E-state index in [0.29, 0.717) is 12.1 Å². The first-order chi connectivity index (χ1) is 12.7. The van der Waals surface area contributed by atoms with E-state index >= 15 is 0 Å². The lowest BCUT2D eigenvalue weighted by molar-refractivity contribution is 0.0859. The van der Waals surface area contributed by atoms with Crippen LogP contribution in [0.25, 0.3) is 10.9 Å². The summed E-state index contributed by atoms with van der Waals surface area (Å²) in [7, 11) is 1.97. The van der Waals surface area contributed by atoms with Crippen molar-refractivity contribution in [2.45, 2.75) is 18.9 Å². The Bertz CT molecular complexity index is 960. The average Bonchev–Trinajstić information content (AvgIpc) is 3.27. The van der Waals surface area contributed by atoms with E-state index in [4.69, 9.17) is 4.84 Å². The van der Waals surface area contributed by atoms with Crippen LogP contribution in [0.4, 0.5) is 0 Å². The van der Waals surface area contributed by atoms with Gasteiger partial charge in [-0.2, -0.15) is 0 Å². The maximum atomic E-state index is 12.6. The molecule has 1 N–H and O–H groups in total. The topological polar surface area (TPSA) is 55.6 Å². The van der Waals surface area contributed by atoms with E-state index in [9.17, 15) is 4.79 Å². The molecule has 2 aromatic carbocycles. The standard InChI is InChI=1S/C21H21N3O2/c1-24-11-10-18-19(8-5-9-20(18)24)21(25)22-14-16-13-17(26-23-16)12-15-6-3-2-4-7-15/h2-11,17H,12-14H2,1H3,(H,22,25). The van der Waals surface area contributed by atoms with Gasteiger partial charge in [0, 0.05) is 42.6 Å². The van der Waals surface area contributed by atoms with Crippen LogP contribution < -0.4 is 5.32 Å². The Morgan fingerprint density at radius 3 is 2.88 bits per heavy atom. The number of benzene rings is 2. The predicted molar refractivity (Wildman–Crippen MR) is 102 cm³/mol. The van der Waals surface area contributed by atoms with Gasteiger partial charge in [-0.15, -0.1) is 0 Å². The molecule has 5 nitrogen and oxygen atoms in total. The Morgan fingerprint density at radius 2 is 2.04 bits per heavy atom. The normalized spacial score (nSPS) is 16.3. The molecule has 0 aliphatic carbocycles. The van der Waals surface area contributed by atoms with Crippen LogP contribution in [0.1, 0.15) is 22.3 Å². The fourth-order valence-corrected chi connectivity index (χ4v) is 3.36. The first-order valence-corrected chi connectivity index (χ1v) is 8.78. The zero-order valence-corrected chi connectivity index (χ0v) is 14.7. The molecule has 1 atom stereocenters. The number of nitrogens with one attached hydrogen (secondary N) is 1. The number of hydrogen-bond acceptors (Lipinski definition) is 3. The van der Waals surface area contributed by atoms with Crippen LogP contribution in [-0.2, 0) is 18.3 Å². The highest BCUT2D eigenvalue weighted by Gasteiger charge is 2.22. The van der Waals surface area contributed by atoms with Gasteiger partial charge >= 0.3 is 0 Å². The van der Waals surface area contributed by atoms with Crippen molar-refractivity contribution in [3.63, 3.8) is 0 Å². The SMILES string of the molecule is Cn1ccc2c(C(=O)NCC3=NOC(Cc4ccccc4)C3)cccc21. The number of hydrogen-bond donors (Lipinski definition) is 1. The molecule has 132 valence electrons. The van der Waals surface area contributed by atoms with Crippen molar-refractivity contribution in [1.82, 2.24) is 9.88 Å². The van der Waals surface area contributed by atoms with Gasteiger partial charge < -0.3 is 14.7 Å². The highest BCUT2D eigenvalue weighted by atomic mass is 16.6. The lowest BCUT2D eigenvalue weighted by Crippen LogP contribution is -2.29. The van der Waals surface area contributed by atoms with Crippen molar-refractivity contribution in [3.05, 3.63) is 71.9 Å². The molecule has 5 heteroatoms. The molecule has 4 rings (SSSR count). The molecular weight excluding hydrogens is 326 g/mol. The second-order valence-electron chi connectivity index (χ2n) is 6.63. The average molecular weight is 347 g/mol. The summed E-state index contributed by atoms with van der Waals surface area (Å²) in [4.78, 5) is 18.1. The molecule has 1 aromatic heterocycles. The molecular formula is C21H21N3O2. The molecule has 0 spiro atoms. The minimum Gasteiger partial charge on any atom is -0.392 e. The first kappa shape index (κ1) is 16.4. The van der Waals surface area contributed by atoms with Crippen molar-refractivity contribution in [3.8, 4) is 0 Å². The molecule has 1 unspecified atom stereocenters. The van der Waals surface area contributed by atoms with E-state index in [-0.39, 0.29) is 12.0 Å². The van der Waals surface area contributed by atoms with Crippen LogP contribution in [0.15, 0.2) is 65.9 Å². The van der Waals surface area contributed by atoms with E-state index in [1.807, 2.05) is 60.3 Å². The third-order valence-corrected chi connectivity index (χ3v) is 4.73. The number of oxime groups is 1. The summed E-state index contributed by atoms with van der Waals surface area (Å²) in [5.74, 6) is -0.0870. The maximum absolute atomic E-state index is 12.6. The van der Waals surface area contributed by atoms with Gasteiger partial charge in [-0.3, -0.25) is 4.79 Å². The highest BCUT2D eigenvalue weighted by Crippen LogP contribution is 2.20. The molecule has 1 aliphatic rings. The summed E-state index contributed by atoms with van der Waals surface area (Å²) in [6.45, 7) is 0.410. The van der Waals surface area contributed by atoms with Gasteiger partial charge in [0.15, 0.2) is 0 Å². The number of aromatic nitrogens is 1. The van der Waals surface area contributed by atoms with Crippen molar-refractivity contribution in [1.29, 1.82) is 0 Å². The Hall–Kier alpha value is -3.08. The Labute approximate surface area is 152 Å². The zero-order valence-electron chi connectivity index (χ0n) is 14.7. The van der Waals surface area contributed by atoms with Gasteiger partial charge in [0.25, 0.3) is 5.91 Å². The quantitative estimate of drug-likeness (QED) is 0.770. The van der Waals surface area contributed by atoms with Gasteiger partial charge in [0.1, 0.15) is 6.10 Å². The molecule has 0 fully saturated rings. The van der Waals surface area contributed by atoms with Gasteiger partial charge in [-0.25, -0.2) is 0 Å². The number of aryl methyl sites for hydroxylation is 1. The van der Waals surface area contributed by atoms with Crippen LogP contribution in [0, 0.1) is 0 Å². The minimum absolute atomic E-state index is 0.0434. The van der Waals surface area contributed by atoms with Gasteiger partial charge in [-0.1, -0.05) is 41.6 Å². The van der Waals surface area contributed by atoms with E-state index in [1.54, 1.807) is 0 Å². The van der Waals surface area contributed by atoms with Crippen LogP contribution in [-0.4, -0.2) is 28.8 Å². The lowest BCUT2D eigenvalue weighted by atomic mass is 10.0. The highest BCUT2D eigenvalue weighted by molar-refractivity contribution is 6.07. The van der Waals surface area contributed by atoms with E-state index in [1.165, 1.54) is 5.56 Å². The second-order valence-corrected chi connectivity index (χ2v) is 6.63. The molecule has 1 aliphatic heterocycles. The monoisotopic (exact) mass is 347 g/mol. The van der Waals surface area contributed by atoms with Crippen molar-refractivity contribution in [2.75, 3.05) is 6.54 Å². The number of fused-ring (bicyclic) bond motifs is 1. The van der Waals surface area contributed by atoms with Crippen LogP contribution in [0.5, 0.6) is 0 Å². The number of rotatable bonds is 5. The number of carbonyl (C=O) groups excluding carboxylic acids is 1. The van der Waals surface area contributed by atoms with Crippen molar-refractivity contribution in [2.24, 2.45) is 12.2 Å². The van der Waals surface area contributed by atoms with Crippen LogP contribution in [0.2, 0.25) is 0 Å². The summed E-state index contributed by atoms with van der Waals surface area (Å²) >= 11 is 0. The Morgan fingerprint density at radius 1 is 1.19 bits per heavy atom. The summed E-state index contributed by atoms with van der Waals surface area (Å²) in [6, 6.07) is 18.0. The molecule has 0 saturated carbocycles. The van der Waals surface area contributed by atoms with Gasteiger partial charge in [-0.05, 0) is 23.8 Å². The van der Waals surface area contributed by atoms with Crippen LogP contribution in [0.3, 0.4) is 0 Å². The van der Waals surface area contributed by atoms with Gasteiger partial charge in [0.05, 0.1) is 12.3 Å². The van der Waals surface area contributed by atoms with Crippen LogP contribution >= 0.6 is 0 Å². The third kappa shape index (κ3) is 3.33. The second kappa shape index (κ2) is 7.04. The molecule has 0 bridgehead atoms. The van der Waals surface area contributed by atoms with E-state index < -0.39 is 0 Å². The van der Waals surface area contributed by atoms with Crippen molar-refractivity contribution >= 4 is 22.5 Å². The Balaban J connectivity index is 1.35. The summed E-state index contributed by atoms with van der Waals surface area (Å²) < 4.78 is 2.01. The fourth-order valence-electron chi connectivity index (χ4n) is 3.36. The fraction of sp³-hybridized carbons (Fsp3) is 0.238. The van der Waals surface area contributed by atoms with Crippen molar-refractivity contribution < 1.29 is 9.63 Å². The third-order valence-electron chi connectivity index (χ3n) is 4.73. The largest absolute Gasteiger partial charge is 0.392 e. The lowest BCUT2D eigenvalue weighted by Gasteiger charge is -2.08. The number of amides is 1. The summed E-state index contributed by atoms with van der Waals surface area (Å²) in [5, 5.41) is 8.07. The molecule has 3 aromatic rings. The molecule has 2 heterocycles. The maximum Gasteiger partial charge on any atom is 0.252 e. The zero-order chi connectivity index (χ0) is 17.9. The molecule has 0 saturated heterocycles. The number of carbonyl (C=O) groups is 1. The first-order valence-electron chi connectivity index (χ1n) is 8.78. The van der Waals surface area contributed by atoms with Gasteiger partial charge in [0.2, 0.25) is 0 Å². The minimum atomic E-state index is -0.0870. The van der Waals surface area contributed by atoms with E-state index in [2.05, 4.69) is 22.6 Å². The molecule has 0 radical (unpaired) electrons. The molecule has 1 amide bonds. The number of nitrogens with zero attached hydrogens (tertiary/aromatic N) is 2.